The number of nitrogens with zero attached hydrogens (tertiary/aromatic N) is 1. The number of aromatic nitrogens is 2. The van der Waals surface area contributed by atoms with Crippen molar-refractivity contribution in [3.05, 3.63) is 22.1 Å². The van der Waals surface area contributed by atoms with Gasteiger partial charge in [-0.1, -0.05) is 0 Å². The average molecular weight is 313 g/mol. The maximum Gasteiger partial charge on any atom is 0.264 e. The third kappa shape index (κ3) is 3.23. The normalized spacial score (nSPS) is 28.7. The molecular weight excluding hydrogens is 292 g/mol. The minimum Gasteiger partial charge on any atom is -0.342 e. The fourth-order valence-electron chi connectivity index (χ4n) is 3.56. The Morgan fingerprint density at radius 3 is 2.77 bits per heavy atom. The summed E-state index contributed by atoms with van der Waals surface area (Å²) in [6.45, 7) is 1.31. The van der Waals surface area contributed by atoms with E-state index in [2.05, 4.69) is 10.2 Å². The second kappa shape index (κ2) is 6.22. The van der Waals surface area contributed by atoms with Gasteiger partial charge in [-0.3, -0.25) is 14.7 Å². The van der Waals surface area contributed by atoms with Gasteiger partial charge in [-0.25, -0.2) is 8.78 Å². The van der Waals surface area contributed by atoms with Gasteiger partial charge in [0.25, 0.3) is 5.56 Å². The molecule has 1 aromatic heterocycles. The van der Waals surface area contributed by atoms with Crippen LogP contribution in [0.5, 0.6) is 0 Å². The lowest BCUT2D eigenvalue weighted by atomic mass is 9.73. The van der Waals surface area contributed by atoms with Crippen LogP contribution in [0.3, 0.4) is 0 Å². The highest BCUT2D eigenvalue weighted by atomic mass is 19.3. The lowest BCUT2D eigenvalue weighted by Crippen LogP contribution is -2.41. The molecule has 0 spiro atoms. The highest BCUT2D eigenvalue weighted by Gasteiger charge is 2.37. The van der Waals surface area contributed by atoms with Gasteiger partial charge in [0.1, 0.15) is 0 Å². The molecule has 1 unspecified atom stereocenters. The fourth-order valence-corrected chi connectivity index (χ4v) is 3.56. The smallest absolute Gasteiger partial charge is 0.264 e. The van der Waals surface area contributed by atoms with E-state index in [9.17, 15) is 18.4 Å². The first-order valence-electron chi connectivity index (χ1n) is 7.86. The van der Waals surface area contributed by atoms with E-state index in [1.165, 1.54) is 6.07 Å². The zero-order valence-electron chi connectivity index (χ0n) is 12.4. The SMILES string of the molecule is O=C(CC1CC(C(F)F)C1)N1CCCC(c2cc(=O)[nH][nH]2)C1. The van der Waals surface area contributed by atoms with Crippen LogP contribution < -0.4 is 5.56 Å². The van der Waals surface area contributed by atoms with Crippen LogP contribution in [-0.4, -0.2) is 40.5 Å². The lowest BCUT2D eigenvalue weighted by molar-refractivity contribution is -0.135. The maximum absolute atomic E-state index is 12.5. The van der Waals surface area contributed by atoms with Crippen molar-refractivity contribution in [1.29, 1.82) is 0 Å². The van der Waals surface area contributed by atoms with Crippen LogP contribution in [0.4, 0.5) is 8.78 Å². The van der Waals surface area contributed by atoms with Crippen LogP contribution in [0.15, 0.2) is 10.9 Å². The molecule has 3 rings (SSSR count). The van der Waals surface area contributed by atoms with E-state index >= 15 is 0 Å². The van der Waals surface area contributed by atoms with Crippen molar-refractivity contribution in [1.82, 2.24) is 15.1 Å². The molecule has 5 nitrogen and oxygen atoms in total. The summed E-state index contributed by atoms with van der Waals surface area (Å²) >= 11 is 0. The minimum absolute atomic E-state index is 0.0558. The molecule has 1 saturated heterocycles. The summed E-state index contributed by atoms with van der Waals surface area (Å²) in [5.41, 5.74) is 0.676. The van der Waals surface area contributed by atoms with Crippen LogP contribution in [0.1, 0.15) is 43.7 Å². The Bertz CT molecular complexity index is 577. The molecule has 1 aliphatic heterocycles. The summed E-state index contributed by atoms with van der Waals surface area (Å²) in [6, 6.07) is 1.54. The molecule has 2 aliphatic rings. The zero-order valence-corrected chi connectivity index (χ0v) is 12.4. The molecule has 1 aromatic rings. The molecule has 2 N–H and O–H groups in total. The molecule has 0 radical (unpaired) electrons. The largest absolute Gasteiger partial charge is 0.342 e. The molecule has 1 amide bonds. The van der Waals surface area contributed by atoms with E-state index in [1.54, 1.807) is 0 Å². The van der Waals surface area contributed by atoms with Crippen LogP contribution in [0.25, 0.3) is 0 Å². The molecule has 122 valence electrons. The molecule has 7 heteroatoms. The van der Waals surface area contributed by atoms with Crippen LogP contribution in [0, 0.1) is 11.8 Å². The number of piperidine rings is 1. The third-order valence-corrected chi connectivity index (χ3v) is 4.92. The predicted molar refractivity (Wildman–Crippen MR) is 76.8 cm³/mol. The minimum atomic E-state index is -2.25. The molecule has 0 bridgehead atoms. The molecule has 1 saturated carbocycles. The Morgan fingerprint density at radius 1 is 1.36 bits per heavy atom. The van der Waals surface area contributed by atoms with Gasteiger partial charge < -0.3 is 10.00 Å². The third-order valence-electron chi connectivity index (χ3n) is 4.92. The van der Waals surface area contributed by atoms with E-state index < -0.39 is 12.3 Å². The van der Waals surface area contributed by atoms with Crippen LogP contribution >= 0.6 is 0 Å². The van der Waals surface area contributed by atoms with Gasteiger partial charge in [-0.2, -0.15) is 0 Å². The van der Waals surface area contributed by atoms with Gasteiger partial charge in [-0.15, -0.1) is 0 Å². The molecule has 22 heavy (non-hydrogen) atoms. The summed E-state index contributed by atoms with van der Waals surface area (Å²) in [7, 11) is 0. The number of carbonyl (C=O) groups excluding carboxylic acids is 1. The predicted octanol–water partition coefficient (Wildman–Crippen LogP) is 2.09. The van der Waals surface area contributed by atoms with Crippen molar-refractivity contribution in [2.24, 2.45) is 11.8 Å². The monoisotopic (exact) mass is 313 g/mol. The molecule has 0 aromatic carbocycles. The van der Waals surface area contributed by atoms with Crippen molar-refractivity contribution in [3.63, 3.8) is 0 Å². The lowest BCUT2D eigenvalue weighted by Gasteiger charge is -2.37. The van der Waals surface area contributed by atoms with Crippen molar-refractivity contribution >= 4 is 5.91 Å². The summed E-state index contributed by atoms with van der Waals surface area (Å²) < 4.78 is 24.9. The number of H-pyrrole nitrogens is 2. The molecule has 2 heterocycles. The Kier molecular flexibility index (Phi) is 4.31. The quantitative estimate of drug-likeness (QED) is 0.893. The van der Waals surface area contributed by atoms with Gasteiger partial charge in [0, 0.05) is 43.1 Å². The fraction of sp³-hybridized carbons (Fsp3) is 0.733. The number of rotatable bonds is 4. The number of amides is 1. The van der Waals surface area contributed by atoms with E-state index in [0.29, 0.717) is 25.8 Å². The number of alkyl halides is 2. The van der Waals surface area contributed by atoms with E-state index in [-0.39, 0.29) is 23.3 Å². The Morgan fingerprint density at radius 2 is 2.14 bits per heavy atom. The first-order valence-corrected chi connectivity index (χ1v) is 7.86. The molecule has 1 atom stereocenters. The van der Waals surface area contributed by atoms with Crippen molar-refractivity contribution in [3.8, 4) is 0 Å². The zero-order chi connectivity index (χ0) is 15.7. The van der Waals surface area contributed by atoms with E-state index in [0.717, 1.165) is 25.1 Å². The van der Waals surface area contributed by atoms with Crippen molar-refractivity contribution in [2.45, 2.75) is 44.4 Å². The second-order valence-electron chi connectivity index (χ2n) is 6.53. The van der Waals surface area contributed by atoms with E-state index in [1.807, 2.05) is 4.90 Å². The van der Waals surface area contributed by atoms with Gasteiger partial charge in [0.2, 0.25) is 12.3 Å². The Hall–Kier alpha value is -1.66. The van der Waals surface area contributed by atoms with Crippen LogP contribution in [-0.2, 0) is 4.79 Å². The number of halogens is 2. The summed E-state index contributed by atoms with van der Waals surface area (Å²) in [5.74, 6) is -0.206. The van der Waals surface area contributed by atoms with Crippen molar-refractivity contribution < 1.29 is 13.6 Å². The summed E-state index contributed by atoms with van der Waals surface area (Å²) in [5, 5.41) is 5.38. The Labute approximate surface area is 127 Å². The average Bonchev–Trinajstić information content (AvgIpc) is 2.88. The van der Waals surface area contributed by atoms with E-state index in [4.69, 9.17) is 0 Å². The van der Waals surface area contributed by atoms with Gasteiger partial charge >= 0.3 is 0 Å². The number of nitrogens with one attached hydrogen (secondary N) is 2. The molecule has 2 fully saturated rings. The van der Waals surface area contributed by atoms with Crippen LogP contribution in [0.2, 0.25) is 0 Å². The number of hydrogen-bond donors (Lipinski definition) is 2. The first-order chi connectivity index (χ1) is 10.5. The first kappa shape index (κ1) is 15.2. The van der Waals surface area contributed by atoms with Gasteiger partial charge in [0.15, 0.2) is 0 Å². The maximum atomic E-state index is 12.5. The Balaban J connectivity index is 1.51. The second-order valence-corrected chi connectivity index (χ2v) is 6.53. The number of carbonyl (C=O) groups is 1. The number of hydrogen-bond acceptors (Lipinski definition) is 2. The van der Waals surface area contributed by atoms with Gasteiger partial charge in [-0.05, 0) is 31.6 Å². The molecular formula is C15H21F2N3O2. The number of aromatic amines is 2. The summed E-state index contributed by atoms with van der Waals surface area (Å²) in [6.07, 6.45) is 0.885. The standard InChI is InChI=1S/C15H21F2N3O2/c16-15(17)11-4-9(5-11)6-14(22)20-3-1-2-10(8-20)12-7-13(21)19-18-12/h7,9-11,15H,1-6,8H2,(H2,18,19,21). The summed E-state index contributed by atoms with van der Waals surface area (Å²) in [4.78, 5) is 25.3. The topological polar surface area (TPSA) is 69.0 Å². The highest BCUT2D eigenvalue weighted by molar-refractivity contribution is 5.76. The highest BCUT2D eigenvalue weighted by Crippen LogP contribution is 2.40. The molecule has 1 aliphatic carbocycles. The van der Waals surface area contributed by atoms with Crippen molar-refractivity contribution in [2.75, 3.05) is 13.1 Å². The number of likely N-dealkylation sites (tertiary alicyclic amines) is 1. The van der Waals surface area contributed by atoms with Gasteiger partial charge in [0.05, 0.1) is 0 Å².